The van der Waals surface area contributed by atoms with Gasteiger partial charge in [-0.05, 0) is 41.0 Å². The van der Waals surface area contributed by atoms with Crippen molar-refractivity contribution in [3.05, 3.63) is 48.3 Å². The van der Waals surface area contributed by atoms with Crippen molar-refractivity contribution >= 4 is 22.6 Å². The van der Waals surface area contributed by atoms with Crippen molar-refractivity contribution in [1.82, 2.24) is 24.8 Å². The van der Waals surface area contributed by atoms with E-state index in [9.17, 15) is 0 Å². The van der Waals surface area contributed by atoms with Crippen LogP contribution in [-0.4, -0.2) is 35.8 Å². The number of nitrogen functional groups attached to an aromatic ring is 1. The molecule has 0 radical (unpaired) electrons. The van der Waals surface area contributed by atoms with E-state index in [1.165, 1.54) is 0 Å². The molecule has 0 spiro atoms. The van der Waals surface area contributed by atoms with Gasteiger partial charge >= 0.3 is 0 Å². The number of anilines is 1. The summed E-state index contributed by atoms with van der Waals surface area (Å²) in [5.41, 5.74) is 9.90. The van der Waals surface area contributed by atoms with Crippen LogP contribution >= 0.6 is 0 Å². The van der Waals surface area contributed by atoms with Crippen LogP contribution in [0.4, 0.5) is 5.82 Å². The zero-order chi connectivity index (χ0) is 17.4. The normalized spacial score (nSPS) is 12.0. The number of nitrogens with zero attached hydrogens (tertiary/aromatic N) is 6. The van der Waals surface area contributed by atoms with Gasteiger partial charge in [-0.1, -0.05) is 17.3 Å². The fourth-order valence-corrected chi connectivity index (χ4v) is 2.61. The first-order valence-corrected chi connectivity index (χ1v) is 7.39. The highest BCUT2D eigenvalue weighted by Gasteiger charge is 2.20. The average Bonchev–Trinajstić information content (AvgIpc) is 3.24. The third-order valence-electron chi connectivity index (χ3n) is 3.88. The summed E-state index contributed by atoms with van der Waals surface area (Å²) in [6.45, 7) is 1.72. The molecule has 3 heterocycles. The molecule has 3 N–H and O–H groups in total. The second-order valence-corrected chi connectivity index (χ2v) is 5.37. The quantitative estimate of drug-likeness (QED) is 0.334. The fraction of sp³-hybridized carbons (Fsp3) is 0.0625. The van der Waals surface area contributed by atoms with E-state index in [0.717, 1.165) is 16.8 Å². The second-order valence-electron chi connectivity index (χ2n) is 5.37. The van der Waals surface area contributed by atoms with Gasteiger partial charge in [0.1, 0.15) is 5.52 Å². The van der Waals surface area contributed by atoms with Crippen LogP contribution < -0.4 is 5.73 Å². The molecule has 0 unspecified atom stereocenters. The molecule has 0 aliphatic carbocycles. The summed E-state index contributed by atoms with van der Waals surface area (Å²) < 4.78 is 6.61. The van der Waals surface area contributed by atoms with Crippen LogP contribution in [0, 0.1) is 0 Å². The Morgan fingerprint density at radius 3 is 2.68 bits per heavy atom. The summed E-state index contributed by atoms with van der Waals surface area (Å²) >= 11 is 0. The van der Waals surface area contributed by atoms with Gasteiger partial charge in [0.15, 0.2) is 17.3 Å². The van der Waals surface area contributed by atoms with Crippen molar-refractivity contribution in [3.8, 4) is 17.2 Å². The maximum absolute atomic E-state index is 8.91. The lowest BCUT2D eigenvalue weighted by molar-refractivity contribution is 0.310. The minimum absolute atomic E-state index is 0.157. The van der Waals surface area contributed by atoms with Gasteiger partial charge in [0, 0.05) is 11.9 Å². The van der Waals surface area contributed by atoms with Gasteiger partial charge in [0.05, 0.1) is 17.4 Å². The van der Waals surface area contributed by atoms with Crippen LogP contribution in [0.3, 0.4) is 0 Å². The lowest BCUT2D eigenvalue weighted by Crippen LogP contribution is -2.01. The highest BCUT2D eigenvalue weighted by molar-refractivity contribution is 5.98. The molecule has 0 atom stereocenters. The van der Waals surface area contributed by atoms with Gasteiger partial charge in [0.25, 0.3) is 0 Å². The molecule has 4 rings (SSSR count). The molecule has 0 aliphatic rings. The third kappa shape index (κ3) is 2.38. The molecule has 9 heteroatoms. The molecule has 1 aromatic carbocycles. The highest BCUT2D eigenvalue weighted by atomic mass is 16.6. The van der Waals surface area contributed by atoms with Crippen LogP contribution in [0.25, 0.3) is 28.2 Å². The number of hydrogen-bond donors (Lipinski definition) is 2. The third-order valence-corrected chi connectivity index (χ3v) is 3.88. The van der Waals surface area contributed by atoms with Crippen molar-refractivity contribution in [2.45, 2.75) is 6.92 Å². The van der Waals surface area contributed by atoms with Gasteiger partial charge in [-0.25, -0.2) is 9.61 Å². The average molecular weight is 335 g/mol. The number of hydrogen-bond acceptors (Lipinski definition) is 8. The van der Waals surface area contributed by atoms with Crippen LogP contribution in [0.1, 0.15) is 12.5 Å². The number of nitrogens with two attached hydrogens (primary N) is 1. The molecule has 0 bridgehead atoms. The van der Waals surface area contributed by atoms with E-state index in [0.29, 0.717) is 22.7 Å². The summed E-state index contributed by atoms with van der Waals surface area (Å²) in [4.78, 5) is 8.66. The molecule has 9 nitrogen and oxygen atoms in total. The van der Waals surface area contributed by atoms with Gasteiger partial charge in [0.2, 0.25) is 0 Å². The first-order chi connectivity index (χ1) is 12.2. The largest absolute Gasteiger partial charge is 0.411 e. The van der Waals surface area contributed by atoms with Gasteiger partial charge in [-0.3, -0.25) is 9.55 Å². The Kier molecular flexibility index (Phi) is 3.38. The number of oxime groups is 1. The number of fused-ring (bicyclic) bond motifs is 1. The molecule has 0 fully saturated rings. The zero-order valence-corrected chi connectivity index (χ0v) is 13.2. The van der Waals surface area contributed by atoms with Crippen molar-refractivity contribution in [3.63, 3.8) is 0 Å². The first-order valence-electron chi connectivity index (χ1n) is 7.39. The summed E-state index contributed by atoms with van der Waals surface area (Å²) in [5.74, 6) is 0.659. The maximum atomic E-state index is 8.91. The Bertz CT molecular complexity index is 1080. The van der Waals surface area contributed by atoms with Gasteiger partial charge in [-0.15, -0.1) is 0 Å². The minimum atomic E-state index is 0.157. The fourth-order valence-electron chi connectivity index (χ4n) is 2.61. The van der Waals surface area contributed by atoms with E-state index in [1.54, 1.807) is 19.3 Å². The Hall–Kier alpha value is -3.75. The molecule has 0 aliphatic heterocycles. The van der Waals surface area contributed by atoms with Crippen molar-refractivity contribution in [2.24, 2.45) is 5.16 Å². The van der Waals surface area contributed by atoms with Gasteiger partial charge in [-0.2, -0.15) is 0 Å². The Morgan fingerprint density at radius 2 is 2.00 bits per heavy atom. The number of pyridine rings is 1. The number of benzene rings is 1. The van der Waals surface area contributed by atoms with E-state index < -0.39 is 0 Å². The Labute approximate surface area is 141 Å². The van der Waals surface area contributed by atoms with E-state index in [1.807, 2.05) is 34.9 Å². The minimum Gasteiger partial charge on any atom is -0.411 e. The van der Waals surface area contributed by atoms with E-state index in [-0.39, 0.29) is 5.82 Å². The second kappa shape index (κ2) is 5.71. The van der Waals surface area contributed by atoms with Crippen LogP contribution in [0.5, 0.6) is 0 Å². The molecular formula is C16H13N7O2. The molecule has 4 aromatic rings. The van der Waals surface area contributed by atoms with E-state index in [2.05, 4.69) is 25.4 Å². The van der Waals surface area contributed by atoms with Crippen LogP contribution in [-0.2, 0) is 0 Å². The standard InChI is InChI=1S/C16H13N7O2/c1-9(20-24)10-2-4-11(5-3-10)23-13-6-7-18-8-12(13)19-16(23)14-15(17)22-25-21-14/h2-8,24H,1H3,(H2,17,22). The Balaban J connectivity index is 1.96. The predicted octanol–water partition coefficient (Wildman–Crippen LogP) is 2.25. The molecule has 3 aromatic heterocycles. The number of imidazole rings is 1. The van der Waals surface area contributed by atoms with Crippen molar-refractivity contribution in [2.75, 3.05) is 5.73 Å². The van der Waals surface area contributed by atoms with Crippen LogP contribution in [0.15, 0.2) is 52.5 Å². The van der Waals surface area contributed by atoms with Crippen molar-refractivity contribution < 1.29 is 9.84 Å². The topological polar surface area (TPSA) is 128 Å². The smallest absolute Gasteiger partial charge is 0.199 e. The Morgan fingerprint density at radius 1 is 1.20 bits per heavy atom. The summed E-state index contributed by atoms with van der Waals surface area (Å²) in [6.07, 6.45) is 3.35. The lowest BCUT2D eigenvalue weighted by atomic mass is 10.1. The lowest BCUT2D eigenvalue weighted by Gasteiger charge is -2.09. The monoisotopic (exact) mass is 335 g/mol. The predicted molar refractivity (Wildman–Crippen MR) is 90.6 cm³/mol. The first kappa shape index (κ1) is 14.8. The SMILES string of the molecule is CC(=NO)c1ccc(-n2c(-c3nonc3N)nc3cnccc32)cc1. The van der Waals surface area contributed by atoms with E-state index >= 15 is 0 Å². The molecule has 0 saturated carbocycles. The summed E-state index contributed by atoms with van der Waals surface area (Å²) in [7, 11) is 0. The van der Waals surface area contributed by atoms with Crippen LogP contribution in [0.2, 0.25) is 0 Å². The zero-order valence-electron chi connectivity index (χ0n) is 13.2. The maximum Gasteiger partial charge on any atom is 0.199 e. The number of aromatic nitrogens is 5. The van der Waals surface area contributed by atoms with Crippen molar-refractivity contribution in [1.29, 1.82) is 0 Å². The molecule has 0 amide bonds. The van der Waals surface area contributed by atoms with E-state index in [4.69, 9.17) is 15.6 Å². The van der Waals surface area contributed by atoms with Gasteiger partial charge < -0.3 is 10.9 Å². The summed E-state index contributed by atoms with van der Waals surface area (Å²) in [6, 6.07) is 9.33. The molecule has 25 heavy (non-hydrogen) atoms. The highest BCUT2D eigenvalue weighted by Crippen LogP contribution is 2.29. The summed E-state index contributed by atoms with van der Waals surface area (Å²) in [5, 5.41) is 19.6. The molecular weight excluding hydrogens is 322 g/mol. The molecule has 0 saturated heterocycles. The molecule has 124 valence electrons. The number of rotatable bonds is 3.